The lowest BCUT2D eigenvalue weighted by molar-refractivity contribution is 0.306. The fourth-order valence-electron chi connectivity index (χ4n) is 1.29. The predicted octanol–water partition coefficient (Wildman–Crippen LogP) is 3.69. The van der Waals surface area contributed by atoms with Crippen molar-refractivity contribution in [3.63, 3.8) is 0 Å². The van der Waals surface area contributed by atoms with Crippen LogP contribution in [0.25, 0.3) is 0 Å². The lowest BCUT2D eigenvalue weighted by Crippen LogP contribution is -1.95. The van der Waals surface area contributed by atoms with Crippen molar-refractivity contribution >= 4 is 12.6 Å². The second-order valence-corrected chi connectivity index (χ2v) is 3.93. The molecule has 1 nitrogen and oxygen atoms in total. The van der Waals surface area contributed by atoms with Gasteiger partial charge in [0, 0.05) is 4.90 Å². The van der Waals surface area contributed by atoms with Crippen molar-refractivity contribution in [2.45, 2.75) is 11.5 Å². The molecule has 0 saturated carbocycles. The zero-order valence-corrected chi connectivity index (χ0v) is 9.45. The molecule has 0 spiro atoms. The highest BCUT2D eigenvalue weighted by molar-refractivity contribution is 7.80. The molecule has 2 aromatic rings. The first kappa shape index (κ1) is 11.0. The monoisotopic (exact) mass is 234 g/mol. The van der Waals surface area contributed by atoms with Crippen molar-refractivity contribution in [1.29, 1.82) is 0 Å². The quantitative estimate of drug-likeness (QED) is 0.797. The van der Waals surface area contributed by atoms with Crippen molar-refractivity contribution in [3.05, 3.63) is 59.9 Å². The molecular formula is C13H11FOS. The maximum Gasteiger partial charge on any atom is 0.123 e. The number of hydrogen-bond donors (Lipinski definition) is 1. The van der Waals surface area contributed by atoms with E-state index in [-0.39, 0.29) is 5.82 Å². The van der Waals surface area contributed by atoms with Crippen LogP contribution in [0.15, 0.2) is 53.4 Å². The van der Waals surface area contributed by atoms with Gasteiger partial charge in [-0.25, -0.2) is 4.39 Å². The van der Waals surface area contributed by atoms with Crippen molar-refractivity contribution < 1.29 is 9.13 Å². The zero-order chi connectivity index (χ0) is 11.4. The van der Waals surface area contributed by atoms with E-state index in [0.29, 0.717) is 6.61 Å². The minimum absolute atomic E-state index is 0.233. The van der Waals surface area contributed by atoms with E-state index >= 15 is 0 Å². The van der Waals surface area contributed by atoms with Gasteiger partial charge < -0.3 is 4.74 Å². The summed E-state index contributed by atoms with van der Waals surface area (Å²) in [5.74, 6) is 0.547. The Morgan fingerprint density at radius 1 is 0.938 bits per heavy atom. The molecule has 0 aromatic heterocycles. The van der Waals surface area contributed by atoms with Gasteiger partial charge in [0.1, 0.15) is 18.2 Å². The number of hydrogen-bond acceptors (Lipinski definition) is 2. The van der Waals surface area contributed by atoms with Gasteiger partial charge in [0.2, 0.25) is 0 Å². The van der Waals surface area contributed by atoms with Crippen LogP contribution in [0.1, 0.15) is 5.56 Å². The van der Waals surface area contributed by atoms with E-state index in [4.69, 9.17) is 4.74 Å². The summed E-state index contributed by atoms with van der Waals surface area (Å²) in [6, 6.07) is 13.7. The Balaban J connectivity index is 1.97. The molecule has 2 rings (SSSR count). The molecule has 0 amide bonds. The van der Waals surface area contributed by atoms with Crippen molar-refractivity contribution in [1.82, 2.24) is 0 Å². The fourth-order valence-corrected chi connectivity index (χ4v) is 1.44. The molecular weight excluding hydrogens is 223 g/mol. The van der Waals surface area contributed by atoms with E-state index in [0.717, 1.165) is 16.2 Å². The molecule has 82 valence electrons. The largest absolute Gasteiger partial charge is 0.489 e. The average Bonchev–Trinajstić information content (AvgIpc) is 2.30. The number of rotatable bonds is 3. The van der Waals surface area contributed by atoms with Gasteiger partial charge in [-0.1, -0.05) is 12.1 Å². The maximum absolute atomic E-state index is 12.6. The summed E-state index contributed by atoms with van der Waals surface area (Å²) >= 11 is 4.18. The molecule has 0 aliphatic rings. The molecule has 0 saturated heterocycles. The minimum atomic E-state index is -0.233. The van der Waals surface area contributed by atoms with Gasteiger partial charge in [-0.05, 0) is 42.0 Å². The Kier molecular flexibility index (Phi) is 3.47. The van der Waals surface area contributed by atoms with Crippen LogP contribution in [0.2, 0.25) is 0 Å². The summed E-state index contributed by atoms with van der Waals surface area (Å²) in [6.07, 6.45) is 0. The Labute approximate surface area is 99.3 Å². The molecule has 0 N–H and O–H groups in total. The second-order valence-electron chi connectivity index (χ2n) is 3.41. The normalized spacial score (nSPS) is 10.1. The van der Waals surface area contributed by atoms with Crippen LogP contribution < -0.4 is 4.74 Å². The summed E-state index contributed by atoms with van der Waals surface area (Å²) in [7, 11) is 0. The first-order valence-electron chi connectivity index (χ1n) is 4.90. The van der Waals surface area contributed by atoms with E-state index in [9.17, 15) is 4.39 Å². The molecule has 0 atom stereocenters. The number of benzene rings is 2. The van der Waals surface area contributed by atoms with Crippen LogP contribution in [-0.2, 0) is 6.61 Å². The van der Waals surface area contributed by atoms with Gasteiger partial charge in [0.05, 0.1) is 0 Å². The summed E-state index contributed by atoms with van der Waals surface area (Å²) in [5.41, 5.74) is 0.941. The highest BCUT2D eigenvalue weighted by Crippen LogP contribution is 2.16. The van der Waals surface area contributed by atoms with Gasteiger partial charge >= 0.3 is 0 Å². The van der Waals surface area contributed by atoms with E-state index in [1.807, 2.05) is 24.3 Å². The lowest BCUT2D eigenvalue weighted by Gasteiger charge is -2.06. The summed E-state index contributed by atoms with van der Waals surface area (Å²) in [4.78, 5) is 0.897. The van der Waals surface area contributed by atoms with Crippen LogP contribution >= 0.6 is 12.6 Å². The van der Waals surface area contributed by atoms with Crippen LogP contribution in [0.4, 0.5) is 4.39 Å². The first-order valence-corrected chi connectivity index (χ1v) is 5.35. The SMILES string of the molecule is Fc1ccc(COc2ccc(S)cc2)cc1. The van der Waals surface area contributed by atoms with Crippen molar-refractivity contribution in [2.75, 3.05) is 0 Å². The second kappa shape index (κ2) is 5.03. The first-order chi connectivity index (χ1) is 7.74. The Morgan fingerprint density at radius 2 is 1.56 bits per heavy atom. The van der Waals surface area contributed by atoms with Gasteiger partial charge in [-0.15, -0.1) is 12.6 Å². The van der Waals surface area contributed by atoms with Crippen LogP contribution in [-0.4, -0.2) is 0 Å². The lowest BCUT2D eigenvalue weighted by atomic mass is 10.2. The molecule has 2 aromatic carbocycles. The molecule has 0 fully saturated rings. The zero-order valence-electron chi connectivity index (χ0n) is 8.56. The number of thiol groups is 1. The van der Waals surface area contributed by atoms with E-state index in [1.165, 1.54) is 12.1 Å². The molecule has 0 radical (unpaired) electrons. The third-order valence-corrected chi connectivity index (χ3v) is 2.45. The molecule has 0 aliphatic carbocycles. The summed E-state index contributed by atoms with van der Waals surface area (Å²) in [6.45, 7) is 0.437. The highest BCUT2D eigenvalue weighted by Gasteiger charge is 1.96. The van der Waals surface area contributed by atoms with Crippen LogP contribution in [0.5, 0.6) is 5.75 Å². The van der Waals surface area contributed by atoms with Gasteiger partial charge in [-0.3, -0.25) is 0 Å². The summed E-state index contributed by atoms with van der Waals surface area (Å²) in [5, 5.41) is 0. The van der Waals surface area contributed by atoms with E-state index < -0.39 is 0 Å². The molecule has 16 heavy (non-hydrogen) atoms. The molecule has 0 bridgehead atoms. The topological polar surface area (TPSA) is 9.23 Å². The van der Waals surface area contributed by atoms with E-state index in [1.54, 1.807) is 12.1 Å². The highest BCUT2D eigenvalue weighted by atomic mass is 32.1. The van der Waals surface area contributed by atoms with Gasteiger partial charge in [0.25, 0.3) is 0 Å². The predicted molar refractivity (Wildman–Crippen MR) is 64.4 cm³/mol. The number of ether oxygens (including phenoxy) is 1. The minimum Gasteiger partial charge on any atom is -0.489 e. The van der Waals surface area contributed by atoms with Crippen LogP contribution in [0, 0.1) is 5.82 Å². The third-order valence-electron chi connectivity index (χ3n) is 2.16. The maximum atomic E-state index is 12.6. The van der Waals surface area contributed by atoms with Crippen molar-refractivity contribution in [3.8, 4) is 5.75 Å². The Bertz CT molecular complexity index is 405. The summed E-state index contributed by atoms with van der Waals surface area (Å²) < 4.78 is 18.2. The molecule has 0 unspecified atom stereocenters. The molecule has 0 aliphatic heterocycles. The van der Waals surface area contributed by atoms with E-state index in [2.05, 4.69) is 12.6 Å². The number of halogens is 1. The molecule has 0 heterocycles. The van der Waals surface area contributed by atoms with Crippen LogP contribution in [0.3, 0.4) is 0 Å². The van der Waals surface area contributed by atoms with Crippen molar-refractivity contribution in [2.24, 2.45) is 0 Å². The Hall–Kier alpha value is -1.48. The third kappa shape index (κ3) is 3.00. The Morgan fingerprint density at radius 3 is 2.19 bits per heavy atom. The fraction of sp³-hybridized carbons (Fsp3) is 0.0769. The van der Waals surface area contributed by atoms with Gasteiger partial charge in [-0.2, -0.15) is 0 Å². The smallest absolute Gasteiger partial charge is 0.123 e. The molecule has 3 heteroatoms. The van der Waals surface area contributed by atoms with Gasteiger partial charge in [0.15, 0.2) is 0 Å². The standard InChI is InChI=1S/C13H11FOS/c14-11-3-1-10(2-4-11)9-15-12-5-7-13(16)8-6-12/h1-8,16H,9H2. The average molecular weight is 234 g/mol.